The van der Waals surface area contributed by atoms with Gasteiger partial charge in [0.1, 0.15) is 0 Å². The standard InChI is InChI=1S/C14H19N3/c1-10-5-4-6-12(7-10)14-13(9-16-17-14)8-11(2)15-3/h4-7,9,11,15H,8H2,1-3H3,(H,16,17). The number of benzene rings is 1. The summed E-state index contributed by atoms with van der Waals surface area (Å²) in [6, 6.07) is 8.94. The summed E-state index contributed by atoms with van der Waals surface area (Å²) in [6.07, 6.45) is 2.90. The third-order valence-corrected chi connectivity index (χ3v) is 3.04. The van der Waals surface area contributed by atoms with Gasteiger partial charge in [0, 0.05) is 11.6 Å². The van der Waals surface area contributed by atoms with Crippen molar-refractivity contribution in [2.45, 2.75) is 26.3 Å². The number of aromatic amines is 1. The summed E-state index contributed by atoms with van der Waals surface area (Å²) in [5, 5.41) is 10.5. The van der Waals surface area contributed by atoms with Crippen molar-refractivity contribution in [1.29, 1.82) is 0 Å². The molecule has 0 aliphatic carbocycles. The minimum atomic E-state index is 0.455. The molecule has 1 aromatic carbocycles. The fourth-order valence-electron chi connectivity index (χ4n) is 1.95. The van der Waals surface area contributed by atoms with E-state index >= 15 is 0 Å². The highest BCUT2D eigenvalue weighted by Gasteiger charge is 2.10. The van der Waals surface area contributed by atoms with E-state index in [1.807, 2.05) is 13.2 Å². The number of nitrogens with zero attached hydrogens (tertiary/aromatic N) is 1. The molecule has 0 bridgehead atoms. The highest BCUT2D eigenvalue weighted by atomic mass is 15.1. The van der Waals surface area contributed by atoms with Gasteiger partial charge in [-0.05, 0) is 38.9 Å². The molecule has 2 aromatic rings. The van der Waals surface area contributed by atoms with E-state index in [0.717, 1.165) is 12.1 Å². The first-order chi connectivity index (χ1) is 8.20. The van der Waals surface area contributed by atoms with Crippen LogP contribution in [0.1, 0.15) is 18.1 Å². The van der Waals surface area contributed by atoms with E-state index in [0.29, 0.717) is 6.04 Å². The number of hydrogen-bond acceptors (Lipinski definition) is 2. The van der Waals surface area contributed by atoms with Crippen LogP contribution in [0.4, 0.5) is 0 Å². The van der Waals surface area contributed by atoms with Gasteiger partial charge in [0.25, 0.3) is 0 Å². The van der Waals surface area contributed by atoms with Crippen molar-refractivity contribution in [3.8, 4) is 11.3 Å². The Hall–Kier alpha value is -1.61. The molecule has 0 saturated heterocycles. The van der Waals surface area contributed by atoms with E-state index in [1.165, 1.54) is 16.7 Å². The van der Waals surface area contributed by atoms with Crippen LogP contribution in [0.3, 0.4) is 0 Å². The number of aromatic nitrogens is 2. The van der Waals surface area contributed by atoms with E-state index in [2.05, 4.69) is 53.6 Å². The van der Waals surface area contributed by atoms with Crippen LogP contribution in [0, 0.1) is 6.92 Å². The number of nitrogens with one attached hydrogen (secondary N) is 2. The normalized spacial score (nSPS) is 12.6. The molecule has 2 rings (SSSR count). The third kappa shape index (κ3) is 2.74. The summed E-state index contributed by atoms with van der Waals surface area (Å²) in [4.78, 5) is 0. The molecule has 1 aromatic heterocycles. The molecular weight excluding hydrogens is 210 g/mol. The lowest BCUT2D eigenvalue weighted by Gasteiger charge is -2.10. The van der Waals surface area contributed by atoms with E-state index in [1.54, 1.807) is 0 Å². The van der Waals surface area contributed by atoms with Gasteiger partial charge in [-0.25, -0.2) is 0 Å². The summed E-state index contributed by atoms with van der Waals surface area (Å²) < 4.78 is 0. The van der Waals surface area contributed by atoms with Crippen molar-refractivity contribution in [3.05, 3.63) is 41.6 Å². The zero-order chi connectivity index (χ0) is 12.3. The van der Waals surface area contributed by atoms with Crippen LogP contribution in [0.15, 0.2) is 30.5 Å². The summed E-state index contributed by atoms with van der Waals surface area (Å²) >= 11 is 0. The van der Waals surface area contributed by atoms with Crippen LogP contribution >= 0.6 is 0 Å². The highest BCUT2D eigenvalue weighted by Crippen LogP contribution is 2.22. The molecule has 1 atom stereocenters. The fourth-order valence-corrected chi connectivity index (χ4v) is 1.95. The van der Waals surface area contributed by atoms with Gasteiger partial charge < -0.3 is 5.32 Å². The van der Waals surface area contributed by atoms with Crippen molar-refractivity contribution < 1.29 is 0 Å². The Labute approximate surface area is 102 Å². The lowest BCUT2D eigenvalue weighted by atomic mass is 10.0. The average Bonchev–Trinajstić information content (AvgIpc) is 2.77. The van der Waals surface area contributed by atoms with E-state index in [9.17, 15) is 0 Å². The summed E-state index contributed by atoms with van der Waals surface area (Å²) in [5.41, 5.74) is 4.87. The molecular formula is C14H19N3. The minimum absolute atomic E-state index is 0.455. The molecule has 0 saturated carbocycles. The molecule has 3 nitrogen and oxygen atoms in total. The summed E-state index contributed by atoms with van der Waals surface area (Å²) in [7, 11) is 1.98. The van der Waals surface area contributed by atoms with Gasteiger partial charge >= 0.3 is 0 Å². The summed E-state index contributed by atoms with van der Waals surface area (Å²) in [6.45, 7) is 4.28. The van der Waals surface area contributed by atoms with Crippen LogP contribution in [-0.2, 0) is 6.42 Å². The minimum Gasteiger partial charge on any atom is -0.317 e. The first-order valence-electron chi connectivity index (χ1n) is 5.97. The molecule has 0 spiro atoms. The molecule has 1 heterocycles. The van der Waals surface area contributed by atoms with Crippen LogP contribution in [0.25, 0.3) is 11.3 Å². The Kier molecular flexibility index (Phi) is 3.59. The highest BCUT2D eigenvalue weighted by molar-refractivity contribution is 5.63. The largest absolute Gasteiger partial charge is 0.317 e. The Morgan fingerprint density at radius 3 is 2.94 bits per heavy atom. The Morgan fingerprint density at radius 1 is 1.41 bits per heavy atom. The number of H-pyrrole nitrogens is 1. The van der Waals surface area contributed by atoms with Crippen molar-refractivity contribution in [2.75, 3.05) is 7.05 Å². The van der Waals surface area contributed by atoms with Crippen molar-refractivity contribution >= 4 is 0 Å². The van der Waals surface area contributed by atoms with E-state index in [-0.39, 0.29) is 0 Å². The maximum absolute atomic E-state index is 4.16. The summed E-state index contributed by atoms with van der Waals surface area (Å²) in [5.74, 6) is 0. The van der Waals surface area contributed by atoms with Gasteiger partial charge in [-0.15, -0.1) is 0 Å². The second-order valence-corrected chi connectivity index (χ2v) is 4.53. The van der Waals surface area contributed by atoms with Gasteiger partial charge in [-0.2, -0.15) is 5.10 Å². The maximum atomic E-state index is 4.16. The molecule has 1 unspecified atom stereocenters. The van der Waals surface area contributed by atoms with Crippen LogP contribution in [-0.4, -0.2) is 23.3 Å². The molecule has 90 valence electrons. The molecule has 17 heavy (non-hydrogen) atoms. The molecule has 2 N–H and O–H groups in total. The predicted octanol–water partition coefficient (Wildman–Crippen LogP) is 2.54. The first-order valence-corrected chi connectivity index (χ1v) is 5.97. The SMILES string of the molecule is CNC(C)Cc1cn[nH]c1-c1cccc(C)c1. The van der Waals surface area contributed by atoms with E-state index in [4.69, 9.17) is 0 Å². The molecule has 0 fully saturated rings. The van der Waals surface area contributed by atoms with Crippen molar-refractivity contribution in [3.63, 3.8) is 0 Å². The van der Waals surface area contributed by atoms with Crippen LogP contribution in [0.2, 0.25) is 0 Å². The second kappa shape index (κ2) is 5.15. The lowest BCUT2D eigenvalue weighted by Crippen LogP contribution is -2.23. The van der Waals surface area contributed by atoms with Crippen molar-refractivity contribution in [1.82, 2.24) is 15.5 Å². The maximum Gasteiger partial charge on any atom is 0.0682 e. The second-order valence-electron chi connectivity index (χ2n) is 4.53. The number of aryl methyl sites for hydroxylation is 1. The monoisotopic (exact) mass is 229 g/mol. The zero-order valence-corrected chi connectivity index (χ0v) is 10.6. The number of rotatable bonds is 4. The zero-order valence-electron chi connectivity index (χ0n) is 10.6. The van der Waals surface area contributed by atoms with Crippen LogP contribution < -0.4 is 5.32 Å². The number of likely N-dealkylation sites (N-methyl/N-ethyl adjacent to an activating group) is 1. The predicted molar refractivity (Wildman–Crippen MR) is 71.0 cm³/mol. The molecule has 0 aliphatic rings. The molecule has 3 heteroatoms. The van der Waals surface area contributed by atoms with Crippen molar-refractivity contribution in [2.24, 2.45) is 0 Å². The fraction of sp³-hybridized carbons (Fsp3) is 0.357. The Bertz CT molecular complexity index is 488. The number of hydrogen-bond donors (Lipinski definition) is 2. The smallest absolute Gasteiger partial charge is 0.0682 e. The Balaban J connectivity index is 2.30. The molecule has 0 amide bonds. The molecule has 0 radical (unpaired) electrons. The van der Waals surface area contributed by atoms with Crippen LogP contribution in [0.5, 0.6) is 0 Å². The topological polar surface area (TPSA) is 40.7 Å². The first kappa shape index (κ1) is 11.9. The third-order valence-electron chi connectivity index (χ3n) is 3.04. The quantitative estimate of drug-likeness (QED) is 0.846. The molecule has 0 aliphatic heterocycles. The average molecular weight is 229 g/mol. The Morgan fingerprint density at radius 2 is 2.24 bits per heavy atom. The van der Waals surface area contributed by atoms with Gasteiger partial charge in [-0.1, -0.05) is 23.8 Å². The van der Waals surface area contributed by atoms with E-state index < -0.39 is 0 Å². The van der Waals surface area contributed by atoms with Gasteiger partial charge in [0.05, 0.1) is 11.9 Å². The lowest BCUT2D eigenvalue weighted by molar-refractivity contribution is 0.609. The van der Waals surface area contributed by atoms with Gasteiger partial charge in [-0.3, -0.25) is 5.10 Å². The van der Waals surface area contributed by atoms with Gasteiger partial charge in [0.15, 0.2) is 0 Å². The van der Waals surface area contributed by atoms with Gasteiger partial charge in [0.2, 0.25) is 0 Å².